The van der Waals surface area contributed by atoms with E-state index < -0.39 is 0 Å². The lowest BCUT2D eigenvalue weighted by molar-refractivity contribution is 0.475. The molecule has 0 aliphatic rings. The number of benzene rings is 1. The number of aliphatic imine (C=N–C) groups is 1. The van der Waals surface area contributed by atoms with Crippen molar-refractivity contribution in [2.75, 3.05) is 20.1 Å². The third kappa shape index (κ3) is 6.70. The molecule has 0 heterocycles. The van der Waals surface area contributed by atoms with Gasteiger partial charge in [0.1, 0.15) is 5.75 Å². The maximum Gasteiger partial charge on any atom is 0.190 e. The molecule has 3 N–H and O–H groups in total. The maximum atomic E-state index is 9.20. The van der Waals surface area contributed by atoms with E-state index in [-0.39, 0.29) is 0 Å². The molecule has 0 atom stereocenters. The molecule has 0 saturated carbocycles. The molecule has 0 spiro atoms. The highest BCUT2D eigenvalue weighted by molar-refractivity contribution is 5.79. The SMILES string of the molecule is CN=C(NCCCc1ccc(O)cc1)NCC(C)C. The van der Waals surface area contributed by atoms with E-state index in [0.29, 0.717) is 11.7 Å². The fourth-order valence-electron chi connectivity index (χ4n) is 1.68. The van der Waals surface area contributed by atoms with E-state index in [1.807, 2.05) is 12.1 Å². The largest absolute Gasteiger partial charge is 0.508 e. The van der Waals surface area contributed by atoms with Crippen molar-refractivity contribution in [3.05, 3.63) is 29.8 Å². The second kappa shape index (κ2) is 8.40. The number of hydrogen-bond donors (Lipinski definition) is 3. The van der Waals surface area contributed by atoms with Crippen molar-refractivity contribution in [1.29, 1.82) is 0 Å². The number of rotatable bonds is 6. The van der Waals surface area contributed by atoms with Gasteiger partial charge in [0, 0.05) is 20.1 Å². The summed E-state index contributed by atoms with van der Waals surface area (Å²) in [5.74, 6) is 1.79. The Labute approximate surface area is 116 Å². The summed E-state index contributed by atoms with van der Waals surface area (Å²) < 4.78 is 0. The van der Waals surface area contributed by atoms with Gasteiger partial charge in [-0.3, -0.25) is 4.99 Å². The summed E-state index contributed by atoms with van der Waals surface area (Å²) in [6.07, 6.45) is 2.03. The Hall–Kier alpha value is -1.71. The lowest BCUT2D eigenvalue weighted by Gasteiger charge is -2.13. The van der Waals surface area contributed by atoms with Crippen LogP contribution in [0.3, 0.4) is 0 Å². The summed E-state index contributed by atoms with van der Waals surface area (Å²) >= 11 is 0. The summed E-state index contributed by atoms with van der Waals surface area (Å²) in [6.45, 7) is 6.16. The molecule has 0 aromatic heterocycles. The molecule has 0 bridgehead atoms. The van der Waals surface area contributed by atoms with Gasteiger partial charge in [-0.2, -0.15) is 0 Å². The van der Waals surface area contributed by atoms with Gasteiger partial charge in [0.2, 0.25) is 0 Å². The minimum atomic E-state index is 0.320. The molecule has 4 heteroatoms. The topological polar surface area (TPSA) is 56.7 Å². The molecular formula is C15H25N3O. The van der Waals surface area contributed by atoms with Crippen LogP contribution in [-0.2, 0) is 6.42 Å². The number of phenolic OH excluding ortho intramolecular Hbond substituents is 1. The highest BCUT2D eigenvalue weighted by Crippen LogP contribution is 2.10. The second-order valence-corrected chi connectivity index (χ2v) is 5.04. The van der Waals surface area contributed by atoms with E-state index in [1.165, 1.54) is 5.56 Å². The van der Waals surface area contributed by atoms with Gasteiger partial charge < -0.3 is 15.7 Å². The number of phenols is 1. The van der Waals surface area contributed by atoms with Crippen LogP contribution < -0.4 is 10.6 Å². The highest BCUT2D eigenvalue weighted by Gasteiger charge is 1.99. The van der Waals surface area contributed by atoms with Crippen LogP contribution in [0.4, 0.5) is 0 Å². The van der Waals surface area contributed by atoms with Crippen LogP contribution in [0.1, 0.15) is 25.8 Å². The zero-order valence-electron chi connectivity index (χ0n) is 12.1. The van der Waals surface area contributed by atoms with Gasteiger partial charge in [-0.1, -0.05) is 26.0 Å². The fourth-order valence-corrected chi connectivity index (χ4v) is 1.68. The summed E-state index contributed by atoms with van der Waals surface area (Å²) in [7, 11) is 1.79. The predicted octanol–water partition coefficient (Wildman–Crippen LogP) is 2.15. The normalized spacial score (nSPS) is 11.7. The molecule has 1 aromatic rings. The lowest BCUT2D eigenvalue weighted by atomic mass is 10.1. The first-order chi connectivity index (χ1) is 9.11. The van der Waals surface area contributed by atoms with Crippen LogP contribution in [0.2, 0.25) is 0 Å². The van der Waals surface area contributed by atoms with Crippen molar-refractivity contribution < 1.29 is 5.11 Å². The third-order valence-corrected chi connectivity index (χ3v) is 2.77. The van der Waals surface area contributed by atoms with E-state index in [2.05, 4.69) is 29.5 Å². The number of guanidine groups is 1. The minimum Gasteiger partial charge on any atom is -0.508 e. The lowest BCUT2D eigenvalue weighted by Crippen LogP contribution is -2.39. The van der Waals surface area contributed by atoms with Gasteiger partial charge in [0.15, 0.2) is 5.96 Å². The van der Waals surface area contributed by atoms with E-state index in [0.717, 1.165) is 31.9 Å². The van der Waals surface area contributed by atoms with E-state index in [9.17, 15) is 5.11 Å². The fraction of sp³-hybridized carbons (Fsp3) is 0.533. The number of nitrogens with one attached hydrogen (secondary N) is 2. The van der Waals surface area contributed by atoms with Gasteiger partial charge in [-0.05, 0) is 36.5 Å². The standard InChI is InChI=1S/C15H25N3O/c1-12(2)11-18-15(16-3)17-10-4-5-13-6-8-14(19)9-7-13/h6-9,12,19H,4-5,10-11H2,1-3H3,(H2,16,17,18). The quantitative estimate of drug-likeness (QED) is 0.419. The average molecular weight is 263 g/mol. The Morgan fingerprint density at radius 3 is 2.47 bits per heavy atom. The van der Waals surface area contributed by atoms with Crippen molar-refractivity contribution >= 4 is 5.96 Å². The first-order valence-corrected chi connectivity index (χ1v) is 6.84. The van der Waals surface area contributed by atoms with Gasteiger partial charge in [-0.25, -0.2) is 0 Å². The smallest absolute Gasteiger partial charge is 0.190 e. The van der Waals surface area contributed by atoms with Crippen molar-refractivity contribution in [1.82, 2.24) is 10.6 Å². The predicted molar refractivity (Wildman–Crippen MR) is 80.6 cm³/mol. The Morgan fingerprint density at radius 2 is 1.89 bits per heavy atom. The van der Waals surface area contributed by atoms with Crippen LogP contribution in [0.25, 0.3) is 0 Å². The van der Waals surface area contributed by atoms with Crippen LogP contribution >= 0.6 is 0 Å². The molecule has 0 amide bonds. The van der Waals surface area contributed by atoms with Crippen molar-refractivity contribution in [3.63, 3.8) is 0 Å². The average Bonchev–Trinajstić information content (AvgIpc) is 2.40. The summed E-state index contributed by atoms with van der Waals surface area (Å²) in [5, 5.41) is 15.8. The summed E-state index contributed by atoms with van der Waals surface area (Å²) in [5.41, 5.74) is 1.24. The van der Waals surface area contributed by atoms with Crippen LogP contribution in [0.5, 0.6) is 5.75 Å². The van der Waals surface area contributed by atoms with Crippen LogP contribution in [0.15, 0.2) is 29.3 Å². The van der Waals surface area contributed by atoms with Gasteiger partial charge in [0.05, 0.1) is 0 Å². The van der Waals surface area contributed by atoms with E-state index in [4.69, 9.17) is 0 Å². The summed E-state index contributed by atoms with van der Waals surface area (Å²) in [6, 6.07) is 7.38. The van der Waals surface area contributed by atoms with Crippen molar-refractivity contribution in [3.8, 4) is 5.75 Å². The molecule has 4 nitrogen and oxygen atoms in total. The number of hydrogen-bond acceptors (Lipinski definition) is 2. The van der Waals surface area contributed by atoms with Crippen molar-refractivity contribution in [2.45, 2.75) is 26.7 Å². The zero-order chi connectivity index (χ0) is 14.1. The first-order valence-electron chi connectivity index (χ1n) is 6.84. The highest BCUT2D eigenvalue weighted by atomic mass is 16.3. The first kappa shape index (κ1) is 15.3. The Morgan fingerprint density at radius 1 is 1.21 bits per heavy atom. The Bertz CT molecular complexity index is 385. The van der Waals surface area contributed by atoms with Crippen LogP contribution in [0, 0.1) is 5.92 Å². The molecule has 0 unspecified atom stereocenters. The molecule has 0 radical (unpaired) electrons. The summed E-state index contributed by atoms with van der Waals surface area (Å²) in [4.78, 5) is 4.18. The third-order valence-electron chi connectivity index (χ3n) is 2.77. The molecule has 19 heavy (non-hydrogen) atoms. The van der Waals surface area contributed by atoms with E-state index >= 15 is 0 Å². The zero-order valence-corrected chi connectivity index (χ0v) is 12.1. The molecule has 106 valence electrons. The van der Waals surface area contributed by atoms with Crippen molar-refractivity contribution in [2.24, 2.45) is 10.9 Å². The molecule has 0 saturated heterocycles. The molecular weight excluding hydrogens is 238 g/mol. The molecule has 0 aliphatic heterocycles. The minimum absolute atomic E-state index is 0.320. The van der Waals surface area contributed by atoms with Gasteiger partial charge in [0.25, 0.3) is 0 Å². The number of aryl methyl sites for hydroxylation is 1. The van der Waals surface area contributed by atoms with E-state index in [1.54, 1.807) is 19.2 Å². The second-order valence-electron chi connectivity index (χ2n) is 5.04. The van der Waals surface area contributed by atoms with Gasteiger partial charge >= 0.3 is 0 Å². The Kier molecular flexibility index (Phi) is 6.79. The maximum absolute atomic E-state index is 9.20. The molecule has 0 aliphatic carbocycles. The number of aromatic hydroxyl groups is 1. The molecule has 1 aromatic carbocycles. The molecule has 0 fully saturated rings. The monoisotopic (exact) mass is 263 g/mol. The van der Waals surface area contributed by atoms with Gasteiger partial charge in [-0.15, -0.1) is 0 Å². The molecule has 1 rings (SSSR count). The van der Waals surface area contributed by atoms with Crippen LogP contribution in [-0.4, -0.2) is 31.2 Å². The number of nitrogens with zero attached hydrogens (tertiary/aromatic N) is 1. The Balaban J connectivity index is 2.20.